The van der Waals surface area contributed by atoms with Crippen LogP contribution in [0.15, 0.2) is 24.3 Å². The van der Waals surface area contributed by atoms with E-state index in [9.17, 15) is 13.6 Å². The monoisotopic (exact) mass is 296 g/mol. The van der Waals surface area contributed by atoms with E-state index in [0.717, 1.165) is 5.92 Å². The molecule has 116 valence electrons. The van der Waals surface area contributed by atoms with Gasteiger partial charge in [0, 0.05) is 0 Å². The normalized spacial score (nSPS) is 23.6. The minimum Gasteiger partial charge on any atom is -0.425 e. The molecule has 2 nitrogen and oxygen atoms in total. The molecule has 21 heavy (non-hydrogen) atoms. The van der Waals surface area contributed by atoms with Crippen LogP contribution < -0.4 is 0 Å². The predicted molar refractivity (Wildman–Crippen MR) is 77.7 cm³/mol. The molecule has 0 saturated heterocycles. The van der Waals surface area contributed by atoms with Crippen LogP contribution >= 0.6 is 0 Å². The van der Waals surface area contributed by atoms with Crippen molar-refractivity contribution in [3.63, 3.8) is 0 Å². The quantitative estimate of drug-likeness (QED) is 0.730. The summed E-state index contributed by atoms with van der Waals surface area (Å²) in [5, 5.41) is 0. The second-order valence-corrected chi connectivity index (χ2v) is 5.72. The molecule has 0 amide bonds. The number of rotatable bonds is 5. The van der Waals surface area contributed by atoms with Crippen LogP contribution in [0.25, 0.3) is 0 Å². The predicted octanol–water partition coefficient (Wildman–Crippen LogP) is 4.79. The first-order valence-corrected chi connectivity index (χ1v) is 7.65. The molecular weight excluding hydrogens is 274 g/mol. The average molecular weight is 296 g/mol. The number of hydrogen-bond donors (Lipinski definition) is 0. The lowest BCUT2D eigenvalue weighted by Gasteiger charge is -2.28. The van der Waals surface area contributed by atoms with Crippen molar-refractivity contribution in [1.82, 2.24) is 0 Å². The van der Waals surface area contributed by atoms with E-state index in [2.05, 4.69) is 11.7 Å². The smallest absolute Gasteiger partial charge is 0.340 e. The van der Waals surface area contributed by atoms with E-state index in [1.807, 2.05) is 12.1 Å². The molecule has 1 atom stereocenters. The summed E-state index contributed by atoms with van der Waals surface area (Å²) in [5.41, 5.74) is 1.47. The molecule has 4 heteroatoms. The Kier molecular flexibility index (Phi) is 5.71. The van der Waals surface area contributed by atoms with Gasteiger partial charge in [0.1, 0.15) is 0 Å². The first kappa shape index (κ1) is 15.9. The third kappa shape index (κ3) is 4.26. The average Bonchev–Trinajstić information content (AvgIpc) is 2.55. The molecule has 1 aromatic carbocycles. The highest BCUT2D eigenvalue weighted by molar-refractivity contribution is 5.89. The summed E-state index contributed by atoms with van der Waals surface area (Å²) in [5.74, 6) is 0.566. The SMILES string of the molecule is CCC1CCC(c2ccc(C(=O)OC(F)CF)cc2)CC1. The summed E-state index contributed by atoms with van der Waals surface area (Å²) in [6, 6.07) is 7.06. The maximum absolute atomic E-state index is 12.7. The van der Waals surface area contributed by atoms with Gasteiger partial charge in [-0.15, -0.1) is 0 Å². The summed E-state index contributed by atoms with van der Waals surface area (Å²) < 4.78 is 29.0. The van der Waals surface area contributed by atoms with E-state index < -0.39 is 19.0 Å². The van der Waals surface area contributed by atoms with E-state index in [0.29, 0.717) is 5.92 Å². The second kappa shape index (κ2) is 7.53. The van der Waals surface area contributed by atoms with Crippen molar-refractivity contribution in [3.05, 3.63) is 35.4 Å². The van der Waals surface area contributed by atoms with Crippen molar-refractivity contribution in [3.8, 4) is 0 Å². The maximum Gasteiger partial charge on any atom is 0.340 e. The fourth-order valence-corrected chi connectivity index (χ4v) is 3.01. The van der Waals surface area contributed by atoms with Crippen molar-refractivity contribution >= 4 is 5.97 Å². The lowest BCUT2D eigenvalue weighted by molar-refractivity contribution is -0.0254. The van der Waals surface area contributed by atoms with Crippen LogP contribution in [0.2, 0.25) is 0 Å². The zero-order valence-corrected chi connectivity index (χ0v) is 12.4. The number of carbonyl (C=O) groups is 1. The highest BCUT2D eigenvalue weighted by Crippen LogP contribution is 2.36. The summed E-state index contributed by atoms with van der Waals surface area (Å²) in [4.78, 5) is 11.6. The molecule has 0 radical (unpaired) electrons. The maximum atomic E-state index is 12.7. The number of esters is 1. The number of carbonyl (C=O) groups excluding carboxylic acids is 1. The van der Waals surface area contributed by atoms with Crippen molar-refractivity contribution in [1.29, 1.82) is 0 Å². The van der Waals surface area contributed by atoms with E-state index in [-0.39, 0.29) is 5.56 Å². The first-order chi connectivity index (χ1) is 10.1. The highest BCUT2D eigenvalue weighted by Gasteiger charge is 2.21. The van der Waals surface area contributed by atoms with Gasteiger partial charge in [-0.3, -0.25) is 0 Å². The molecule has 1 aliphatic carbocycles. The van der Waals surface area contributed by atoms with Gasteiger partial charge >= 0.3 is 5.97 Å². The molecular formula is C17H22F2O2. The van der Waals surface area contributed by atoms with Gasteiger partial charge in [0.15, 0.2) is 6.67 Å². The summed E-state index contributed by atoms with van der Waals surface area (Å²) in [6.45, 7) is 0.922. The number of benzene rings is 1. The van der Waals surface area contributed by atoms with Crippen molar-refractivity contribution in [2.24, 2.45) is 5.92 Å². The summed E-state index contributed by atoms with van der Waals surface area (Å²) in [6.07, 6.45) is 3.93. The Hall–Kier alpha value is -1.45. The van der Waals surface area contributed by atoms with Gasteiger partial charge in [-0.25, -0.2) is 9.18 Å². The number of hydrogen-bond acceptors (Lipinski definition) is 2. The number of alkyl halides is 2. The van der Waals surface area contributed by atoms with Gasteiger partial charge in [0.25, 0.3) is 6.36 Å². The van der Waals surface area contributed by atoms with Crippen LogP contribution in [0.4, 0.5) is 8.78 Å². The summed E-state index contributed by atoms with van der Waals surface area (Å²) in [7, 11) is 0. The highest BCUT2D eigenvalue weighted by atomic mass is 19.2. The molecule has 0 aliphatic heterocycles. The van der Waals surface area contributed by atoms with Crippen molar-refractivity contribution in [2.45, 2.75) is 51.3 Å². The van der Waals surface area contributed by atoms with E-state index in [4.69, 9.17) is 0 Å². The molecule has 0 N–H and O–H groups in total. The third-order valence-electron chi connectivity index (χ3n) is 4.40. The van der Waals surface area contributed by atoms with Crippen LogP contribution in [0, 0.1) is 5.92 Å². The molecule has 2 rings (SSSR count). The minimum absolute atomic E-state index is 0.261. The lowest BCUT2D eigenvalue weighted by atomic mass is 9.78. The van der Waals surface area contributed by atoms with Crippen LogP contribution in [0.1, 0.15) is 60.9 Å². The molecule has 1 saturated carbocycles. The Bertz CT molecular complexity index is 450. The summed E-state index contributed by atoms with van der Waals surface area (Å²) >= 11 is 0. The Morgan fingerprint density at radius 2 is 1.86 bits per heavy atom. The standard InChI is InChI=1S/C17H22F2O2/c1-2-12-3-5-13(6-4-12)14-7-9-15(10-8-14)17(20)21-16(19)11-18/h7-10,12-13,16H,2-6,11H2,1H3. The molecule has 0 heterocycles. The van der Waals surface area contributed by atoms with Gasteiger partial charge in [-0.1, -0.05) is 25.5 Å². The van der Waals surface area contributed by atoms with Crippen LogP contribution in [0.3, 0.4) is 0 Å². The molecule has 1 aromatic rings. The third-order valence-corrected chi connectivity index (χ3v) is 4.40. The van der Waals surface area contributed by atoms with Crippen LogP contribution in [-0.2, 0) is 4.74 Å². The Morgan fingerprint density at radius 1 is 1.24 bits per heavy atom. The molecule has 0 bridgehead atoms. The molecule has 0 aromatic heterocycles. The van der Waals surface area contributed by atoms with Crippen LogP contribution in [-0.4, -0.2) is 19.0 Å². The van der Waals surface area contributed by atoms with Gasteiger partial charge in [0.05, 0.1) is 5.56 Å². The van der Waals surface area contributed by atoms with Crippen molar-refractivity contribution in [2.75, 3.05) is 6.67 Å². The fourth-order valence-electron chi connectivity index (χ4n) is 3.01. The molecule has 1 aliphatic rings. The largest absolute Gasteiger partial charge is 0.425 e. The van der Waals surface area contributed by atoms with Gasteiger partial charge in [-0.2, -0.15) is 4.39 Å². The number of halogens is 2. The number of ether oxygens (including phenoxy) is 1. The van der Waals surface area contributed by atoms with E-state index in [1.165, 1.54) is 37.7 Å². The Morgan fingerprint density at radius 3 is 2.38 bits per heavy atom. The molecule has 1 unspecified atom stereocenters. The lowest BCUT2D eigenvalue weighted by Crippen LogP contribution is -2.16. The second-order valence-electron chi connectivity index (χ2n) is 5.72. The Labute approximate surface area is 124 Å². The topological polar surface area (TPSA) is 26.3 Å². The zero-order valence-electron chi connectivity index (χ0n) is 12.4. The van der Waals surface area contributed by atoms with Gasteiger partial charge in [-0.05, 0) is 55.2 Å². The van der Waals surface area contributed by atoms with Crippen LogP contribution in [0.5, 0.6) is 0 Å². The fraction of sp³-hybridized carbons (Fsp3) is 0.588. The van der Waals surface area contributed by atoms with E-state index >= 15 is 0 Å². The van der Waals surface area contributed by atoms with Gasteiger partial charge in [0.2, 0.25) is 0 Å². The molecule has 0 spiro atoms. The molecule has 1 fully saturated rings. The van der Waals surface area contributed by atoms with E-state index in [1.54, 1.807) is 12.1 Å². The zero-order chi connectivity index (χ0) is 15.2. The Balaban J connectivity index is 1.94. The first-order valence-electron chi connectivity index (χ1n) is 7.65. The minimum atomic E-state index is -2.18. The van der Waals surface area contributed by atoms with Gasteiger partial charge < -0.3 is 4.74 Å². The van der Waals surface area contributed by atoms with Crippen molar-refractivity contribution < 1.29 is 18.3 Å².